The lowest BCUT2D eigenvalue weighted by atomic mass is 10.1. The fourth-order valence-corrected chi connectivity index (χ4v) is 2.20. The van der Waals surface area contributed by atoms with Gasteiger partial charge in [0.2, 0.25) is 0 Å². The van der Waals surface area contributed by atoms with E-state index in [9.17, 15) is 4.79 Å². The first-order valence-corrected chi connectivity index (χ1v) is 6.83. The third-order valence-electron chi connectivity index (χ3n) is 3.02. The van der Waals surface area contributed by atoms with Gasteiger partial charge in [0.25, 0.3) is 5.91 Å². The van der Waals surface area contributed by atoms with E-state index in [0.29, 0.717) is 22.8 Å². The maximum absolute atomic E-state index is 12.0. The zero-order valence-electron chi connectivity index (χ0n) is 11.3. The summed E-state index contributed by atoms with van der Waals surface area (Å²) in [7, 11) is 0. The van der Waals surface area contributed by atoms with Gasteiger partial charge in [0, 0.05) is 12.2 Å². The van der Waals surface area contributed by atoms with Crippen molar-refractivity contribution in [3.8, 4) is 0 Å². The molecule has 0 radical (unpaired) electrons. The number of aryl methyl sites for hydroxylation is 1. The Hall–Kier alpha value is -2.00. The summed E-state index contributed by atoms with van der Waals surface area (Å²) < 4.78 is 0. The first kappa shape index (κ1) is 14.4. The predicted octanol–water partition coefficient (Wildman–Crippen LogP) is 3.20. The van der Waals surface area contributed by atoms with Crippen LogP contribution in [0, 0.1) is 6.92 Å². The average molecular weight is 289 g/mol. The molecule has 0 unspecified atom stereocenters. The molecular weight excluding hydrogens is 272 g/mol. The molecule has 0 aliphatic heterocycles. The van der Waals surface area contributed by atoms with E-state index in [1.807, 2.05) is 12.1 Å². The van der Waals surface area contributed by atoms with Crippen molar-refractivity contribution in [2.75, 3.05) is 12.3 Å². The van der Waals surface area contributed by atoms with Crippen molar-refractivity contribution in [1.82, 2.24) is 5.32 Å². The van der Waals surface area contributed by atoms with Crippen LogP contribution in [0.3, 0.4) is 0 Å². The number of hydrogen-bond acceptors (Lipinski definition) is 2. The van der Waals surface area contributed by atoms with Gasteiger partial charge in [-0.2, -0.15) is 0 Å². The van der Waals surface area contributed by atoms with Crippen molar-refractivity contribution < 1.29 is 4.79 Å². The van der Waals surface area contributed by atoms with Crippen molar-refractivity contribution in [2.45, 2.75) is 13.3 Å². The molecule has 2 aromatic rings. The summed E-state index contributed by atoms with van der Waals surface area (Å²) in [5.41, 5.74) is 9.02. The minimum atomic E-state index is -0.199. The Kier molecular flexibility index (Phi) is 4.64. The number of nitrogen functional groups attached to an aromatic ring is 1. The van der Waals surface area contributed by atoms with Crippen LogP contribution in [-0.4, -0.2) is 12.5 Å². The van der Waals surface area contributed by atoms with Gasteiger partial charge in [0.1, 0.15) is 0 Å². The quantitative estimate of drug-likeness (QED) is 0.849. The largest absolute Gasteiger partial charge is 0.399 e. The van der Waals surface area contributed by atoms with Crippen LogP contribution in [-0.2, 0) is 6.42 Å². The van der Waals surface area contributed by atoms with E-state index in [2.05, 4.69) is 24.4 Å². The third-order valence-corrected chi connectivity index (χ3v) is 3.35. The Morgan fingerprint density at radius 2 is 2.05 bits per heavy atom. The topological polar surface area (TPSA) is 55.1 Å². The van der Waals surface area contributed by atoms with Crippen molar-refractivity contribution in [2.24, 2.45) is 0 Å². The van der Waals surface area contributed by atoms with Gasteiger partial charge in [-0.3, -0.25) is 4.79 Å². The van der Waals surface area contributed by atoms with Crippen LogP contribution >= 0.6 is 11.6 Å². The standard InChI is InChI=1S/C16H17ClN2O/c1-11-3-2-4-12(9-11)7-8-19-16(20)14-10-13(18)5-6-15(14)17/h2-6,9-10H,7-8,18H2,1H3,(H,19,20). The van der Waals surface area contributed by atoms with E-state index >= 15 is 0 Å². The molecule has 0 bridgehead atoms. The summed E-state index contributed by atoms with van der Waals surface area (Å²) in [5, 5.41) is 3.27. The number of rotatable bonds is 4. The number of carbonyl (C=O) groups excluding carboxylic acids is 1. The number of carbonyl (C=O) groups is 1. The predicted molar refractivity (Wildman–Crippen MR) is 83.1 cm³/mol. The number of halogens is 1. The SMILES string of the molecule is Cc1cccc(CCNC(=O)c2cc(N)ccc2Cl)c1. The number of amides is 1. The van der Waals surface area contributed by atoms with Crippen LogP contribution < -0.4 is 11.1 Å². The first-order valence-electron chi connectivity index (χ1n) is 6.45. The normalized spacial score (nSPS) is 10.3. The molecule has 0 saturated heterocycles. The number of nitrogens with one attached hydrogen (secondary N) is 1. The number of hydrogen-bond donors (Lipinski definition) is 2. The minimum Gasteiger partial charge on any atom is -0.399 e. The zero-order valence-corrected chi connectivity index (χ0v) is 12.1. The molecule has 0 heterocycles. The molecule has 0 atom stereocenters. The first-order chi connectivity index (χ1) is 9.56. The fourth-order valence-electron chi connectivity index (χ4n) is 2.00. The smallest absolute Gasteiger partial charge is 0.252 e. The van der Waals surface area contributed by atoms with Gasteiger partial charge >= 0.3 is 0 Å². The molecule has 20 heavy (non-hydrogen) atoms. The molecule has 4 heteroatoms. The summed E-state index contributed by atoms with van der Waals surface area (Å²) >= 11 is 5.99. The second-order valence-corrected chi connectivity index (χ2v) is 5.14. The highest BCUT2D eigenvalue weighted by molar-refractivity contribution is 6.34. The van der Waals surface area contributed by atoms with Gasteiger partial charge in [-0.25, -0.2) is 0 Å². The molecule has 0 saturated carbocycles. The summed E-state index contributed by atoms with van der Waals surface area (Å²) in [6, 6.07) is 13.1. The van der Waals surface area contributed by atoms with E-state index in [0.717, 1.165) is 6.42 Å². The summed E-state index contributed by atoms with van der Waals surface area (Å²) in [4.78, 5) is 12.0. The van der Waals surface area contributed by atoms with Crippen LogP contribution in [0.25, 0.3) is 0 Å². The average Bonchev–Trinajstić information content (AvgIpc) is 2.41. The highest BCUT2D eigenvalue weighted by atomic mass is 35.5. The van der Waals surface area contributed by atoms with Gasteiger partial charge in [-0.15, -0.1) is 0 Å². The van der Waals surface area contributed by atoms with Gasteiger partial charge in [0.15, 0.2) is 0 Å². The molecule has 1 amide bonds. The summed E-state index contributed by atoms with van der Waals surface area (Å²) in [5.74, 6) is -0.199. The zero-order chi connectivity index (χ0) is 14.5. The Morgan fingerprint density at radius 3 is 2.80 bits per heavy atom. The molecule has 0 aromatic heterocycles. The van der Waals surface area contributed by atoms with Crippen LogP contribution in [0.4, 0.5) is 5.69 Å². The molecule has 0 fully saturated rings. The summed E-state index contributed by atoms with van der Waals surface area (Å²) in [6.45, 7) is 2.61. The monoisotopic (exact) mass is 288 g/mol. The molecule has 2 rings (SSSR count). The lowest BCUT2D eigenvalue weighted by molar-refractivity contribution is 0.0954. The van der Waals surface area contributed by atoms with Gasteiger partial charge in [-0.1, -0.05) is 41.4 Å². The number of nitrogens with two attached hydrogens (primary N) is 1. The lowest BCUT2D eigenvalue weighted by Crippen LogP contribution is -2.26. The highest BCUT2D eigenvalue weighted by Crippen LogP contribution is 2.18. The van der Waals surface area contributed by atoms with Crippen LogP contribution in [0.5, 0.6) is 0 Å². The molecule has 0 spiro atoms. The second kappa shape index (κ2) is 6.44. The van der Waals surface area contributed by atoms with Crippen LogP contribution in [0.1, 0.15) is 21.5 Å². The molecule has 3 nitrogen and oxygen atoms in total. The van der Waals surface area contributed by atoms with E-state index < -0.39 is 0 Å². The minimum absolute atomic E-state index is 0.199. The van der Waals surface area contributed by atoms with E-state index in [1.165, 1.54) is 11.1 Å². The Labute approximate surface area is 123 Å². The Bertz CT molecular complexity index is 626. The molecule has 0 aliphatic carbocycles. The van der Waals surface area contributed by atoms with Gasteiger partial charge in [-0.05, 0) is 37.1 Å². The fraction of sp³-hybridized carbons (Fsp3) is 0.188. The maximum atomic E-state index is 12.0. The highest BCUT2D eigenvalue weighted by Gasteiger charge is 2.10. The van der Waals surface area contributed by atoms with Crippen LogP contribution in [0.2, 0.25) is 5.02 Å². The molecule has 3 N–H and O–H groups in total. The van der Waals surface area contributed by atoms with Crippen molar-refractivity contribution in [3.05, 3.63) is 64.2 Å². The third kappa shape index (κ3) is 3.75. The van der Waals surface area contributed by atoms with E-state index in [1.54, 1.807) is 18.2 Å². The van der Waals surface area contributed by atoms with E-state index in [-0.39, 0.29) is 5.91 Å². The van der Waals surface area contributed by atoms with E-state index in [4.69, 9.17) is 17.3 Å². The molecular formula is C16H17ClN2O. The van der Waals surface area contributed by atoms with Crippen LogP contribution in [0.15, 0.2) is 42.5 Å². The Morgan fingerprint density at radius 1 is 1.25 bits per heavy atom. The maximum Gasteiger partial charge on any atom is 0.252 e. The second-order valence-electron chi connectivity index (χ2n) is 4.73. The summed E-state index contributed by atoms with van der Waals surface area (Å²) in [6.07, 6.45) is 0.785. The molecule has 104 valence electrons. The van der Waals surface area contributed by atoms with Crippen molar-refractivity contribution >= 4 is 23.2 Å². The molecule has 0 aliphatic rings. The van der Waals surface area contributed by atoms with Crippen molar-refractivity contribution in [3.63, 3.8) is 0 Å². The number of benzene rings is 2. The lowest BCUT2D eigenvalue weighted by Gasteiger charge is -2.08. The van der Waals surface area contributed by atoms with Gasteiger partial charge < -0.3 is 11.1 Å². The Balaban J connectivity index is 1.94. The van der Waals surface area contributed by atoms with Gasteiger partial charge in [0.05, 0.1) is 10.6 Å². The van der Waals surface area contributed by atoms with Crippen molar-refractivity contribution in [1.29, 1.82) is 0 Å². The number of anilines is 1. The molecule has 2 aromatic carbocycles.